The van der Waals surface area contributed by atoms with Crippen LogP contribution in [0.25, 0.3) is 11.1 Å². The lowest BCUT2D eigenvalue weighted by Crippen LogP contribution is -2.51. The predicted molar refractivity (Wildman–Crippen MR) is 138 cm³/mol. The number of carbonyl (C=O) groups is 1. The second-order valence-corrected chi connectivity index (χ2v) is 9.99. The molecule has 0 saturated carbocycles. The van der Waals surface area contributed by atoms with Gasteiger partial charge in [-0.15, -0.1) is 0 Å². The molecule has 1 saturated heterocycles. The molecule has 3 N–H and O–H groups in total. The van der Waals surface area contributed by atoms with Gasteiger partial charge < -0.3 is 20.5 Å². The number of benzene rings is 3. The van der Waals surface area contributed by atoms with Crippen LogP contribution in [0.5, 0.6) is 0 Å². The standard InChI is InChI=1S/C28H31N3O5/c1-19(20-9-11-21(12-10-20)22-13-14-24(29)25(17-22)31(34)35)30-16-15-28(36-26(30)32,18-27(2,3)33)23-7-5-4-6-8-23/h4-14,17,19,33H,15-16,18,29H2,1-3H3/t19-,28?/m0/s1. The molecule has 0 aromatic heterocycles. The third kappa shape index (κ3) is 5.18. The van der Waals surface area contributed by atoms with Crippen LogP contribution in [0.3, 0.4) is 0 Å². The van der Waals surface area contributed by atoms with Gasteiger partial charge >= 0.3 is 6.09 Å². The van der Waals surface area contributed by atoms with Gasteiger partial charge in [-0.25, -0.2) is 4.79 Å². The van der Waals surface area contributed by atoms with E-state index in [9.17, 15) is 20.0 Å². The summed E-state index contributed by atoms with van der Waals surface area (Å²) in [6.07, 6.45) is 0.407. The molecule has 0 aliphatic carbocycles. The first-order chi connectivity index (χ1) is 17.0. The molecule has 3 aromatic carbocycles. The first-order valence-corrected chi connectivity index (χ1v) is 11.9. The first-order valence-electron chi connectivity index (χ1n) is 11.9. The highest BCUT2D eigenvalue weighted by Crippen LogP contribution is 2.42. The Balaban J connectivity index is 1.54. The average Bonchev–Trinajstić information content (AvgIpc) is 2.83. The van der Waals surface area contributed by atoms with E-state index in [1.54, 1.807) is 24.8 Å². The second-order valence-electron chi connectivity index (χ2n) is 9.99. The molecule has 1 fully saturated rings. The Kier molecular flexibility index (Phi) is 6.73. The molecule has 0 radical (unpaired) electrons. The van der Waals surface area contributed by atoms with E-state index in [0.717, 1.165) is 16.7 Å². The molecule has 1 amide bonds. The summed E-state index contributed by atoms with van der Waals surface area (Å²) in [5.41, 5.74) is 7.06. The van der Waals surface area contributed by atoms with Crippen LogP contribution < -0.4 is 5.73 Å². The molecular weight excluding hydrogens is 458 g/mol. The Bertz CT molecular complexity index is 1250. The van der Waals surface area contributed by atoms with Crippen LogP contribution in [0.2, 0.25) is 0 Å². The van der Waals surface area contributed by atoms with E-state index in [-0.39, 0.29) is 17.4 Å². The lowest BCUT2D eigenvalue weighted by Gasteiger charge is -2.45. The van der Waals surface area contributed by atoms with Gasteiger partial charge in [-0.1, -0.05) is 60.7 Å². The van der Waals surface area contributed by atoms with Gasteiger partial charge in [0, 0.05) is 25.5 Å². The molecule has 0 bridgehead atoms. The van der Waals surface area contributed by atoms with Gasteiger partial charge in [0.2, 0.25) is 0 Å². The van der Waals surface area contributed by atoms with E-state index >= 15 is 0 Å². The van der Waals surface area contributed by atoms with Crippen LogP contribution in [-0.2, 0) is 10.3 Å². The largest absolute Gasteiger partial charge is 0.438 e. The minimum Gasteiger partial charge on any atom is -0.438 e. The summed E-state index contributed by atoms with van der Waals surface area (Å²) in [4.78, 5) is 25.7. The summed E-state index contributed by atoms with van der Waals surface area (Å²) < 4.78 is 6.08. The van der Waals surface area contributed by atoms with Crippen LogP contribution in [0.15, 0.2) is 72.8 Å². The number of anilines is 1. The lowest BCUT2D eigenvalue weighted by molar-refractivity contribution is -0.383. The molecule has 188 valence electrons. The molecule has 36 heavy (non-hydrogen) atoms. The Morgan fingerprint density at radius 1 is 1.11 bits per heavy atom. The molecule has 3 aromatic rings. The molecular formula is C28H31N3O5. The summed E-state index contributed by atoms with van der Waals surface area (Å²) >= 11 is 0. The van der Waals surface area contributed by atoms with Gasteiger partial charge in [0.05, 0.1) is 16.6 Å². The number of cyclic esters (lactones) is 1. The van der Waals surface area contributed by atoms with Crippen LogP contribution in [0, 0.1) is 10.1 Å². The van der Waals surface area contributed by atoms with Crippen molar-refractivity contribution in [3.63, 3.8) is 0 Å². The number of nitro benzene ring substituents is 1. The third-order valence-corrected chi connectivity index (χ3v) is 6.71. The van der Waals surface area contributed by atoms with Crippen molar-refractivity contribution in [3.05, 3.63) is 94.0 Å². The summed E-state index contributed by atoms with van der Waals surface area (Å²) in [5.74, 6) is 0. The number of amides is 1. The van der Waals surface area contributed by atoms with Gasteiger partial charge in [0.1, 0.15) is 11.3 Å². The van der Waals surface area contributed by atoms with Gasteiger partial charge in [-0.05, 0) is 49.1 Å². The van der Waals surface area contributed by atoms with E-state index in [1.165, 1.54) is 12.1 Å². The minimum atomic E-state index is -1.02. The van der Waals surface area contributed by atoms with Crippen LogP contribution >= 0.6 is 0 Å². The van der Waals surface area contributed by atoms with Crippen molar-refractivity contribution < 1.29 is 19.6 Å². The average molecular weight is 490 g/mol. The molecule has 1 aliphatic rings. The molecule has 2 atom stereocenters. The molecule has 1 aliphatic heterocycles. The summed E-state index contributed by atoms with van der Waals surface area (Å²) in [6, 6.07) is 21.6. The number of nitrogens with zero attached hydrogens (tertiary/aromatic N) is 2. The highest BCUT2D eigenvalue weighted by atomic mass is 16.6. The maximum absolute atomic E-state index is 13.3. The van der Waals surface area contributed by atoms with Gasteiger partial charge in [0.25, 0.3) is 5.69 Å². The minimum absolute atomic E-state index is 0.119. The van der Waals surface area contributed by atoms with E-state index in [0.29, 0.717) is 24.9 Å². The maximum atomic E-state index is 13.3. The van der Waals surface area contributed by atoms with Gasteiger partial charge in [-0.3, -0.25) is 10.1 Å². The van der Waals surface area contributed by atoms with Crippen molar-refractivity contribution in [1.29, 1.82) is 0 Å². The number of nitrogen functional groups attached to an aromatic ring is 1. The number of nitro groups is 1. The number of carbonyl (C=O) groups excluding carboxylic acids is 1. The quantitative estimate of drug-likeness (QED) is 0.246. The highest BCUT2D eigenvalue weighted by molar-refractivity contribution is 5.73. The van der Waals surface area contributed by atoms with E-state index in [4.69, 9.17) is 10.5 Å². The van der Waals surface area contributed by atoms with Gasteiger partial charge in [0.15, 0.2) is 0 Å². The Morgan fingerprint density at radius 2 is 1.75 bits per heavy atom. The Morgan fingerprint density at radius 3 is 2.33 bits per heavy atom. The van der Waals surface area contributed by atoms with Crippen LogP contribution in [-0.4, -0.2) is 33.2 Å². The SMILES string of the molecule is C[C@@H](c1ccc(-c2ccc(N)c([N+](=O)[O-])c2)cc1)N1CCC(CC(C)(C)O)(c2ccccc2)OC1=O. The molecule has 1 heterocycles. The zero-order chi connectivity index (χ0) is 26.1. The Labute approximate surface area is 210 Å². The zero-order valence-electron chi connectivity index (χ0n) is 20.7. The molecule has 0 spiro atoms. The monoisotopic (exact) mass is 489 g/mol. The second kappa shape index (κ2) is 9.62. The number of ether oxygens (including phenoxy) is 1. The fourth-order valence-electron chi connectivity index (χ4n) is 4.91. The van der Waals surface area contributed by atoms with E-state index < -0.39 is 22.2 Å². The topological polar surface area (TPSA) is 119 Å². The Hall–Kier alpha value is -3.91. The molecule has 4 rings (SSSR count). The van der Waals surface area contributed by atoms with Crippen LogP contribution in [0.1, 0.15) is 50.8 Å². The normalized spacial score (nSPS) is 19.0. The number of aliphatic hydroxyl groups is 1. The van der Waals surface area contributed by atoms with Crippen molar-refractivity contribution in [2.45, 2.75) is 50.9 Å². The van der Waals surface area contributed by atoms with Crippen molar-refractivity contribution in [3.8, 4) is 11.1 Å². The van der Waals surface area contributed by atoms with Crippen molar-refractivity contribution in [1.82, 2.24) is 4.90 Å². The van der Waals surface area contributed by atoms with Crippen molar-refractivity contribution in [2.24, 2.45) is 0 Å². The van der Waals surface area contributed by atoms with E-state index in [1.807, 2.05) is 61.5 Å². The van der Waals surface area contributed by atoms with Crippen LogP contribution in [0.4, 0.5) is 16.2 Å². The number of rotatable bonds is 7. The number of hydrogen-bond donors (Lipinski definition) is 2. The first kappa shape index (κ1) is 25.2. The predicted octanol–water partition coefficient (Wildman–Crippen LogP) is 5.80. The van der Waals surface area contributed by atoms with Gasteiger partial charge in [-0.2, -0.15) is 0 Å². The molecule has 8 nitrogen and oxygen atoms in total. The summed E-state index contributed by atoms with van der Waals surface area (Å²) in [7, 11) is 0. The fourth-order valence-corrected chi connectivity index (χ4v) is 4.91. The highest BCUT2D eigenvalue weighted by Gasteiger charge is 2.46. The molecule has 1 unspecified atom stereocenters. The zero-order valence-corrected chi connectivity index (χ0v) is 20.7. The van der Waals surface area contributed by atoms with Crippen molar-refractivity contribution in [2.75, 3.05) is 12.3 Å². The maximum Gasteiger partial charge on any atom is 0.411 e. The van der Waals surface area contributed by atoms with Crippen molar-refractivity contribution >= 4 is 17.5 Å². The molecule has 8 heteroatoms. The fraction of sp³-hybridized carbons (Fsp3) is 0.321. The summed E-state index contributed by atoms with van der Waals surface area (Å²) in [6.45, 7) is 5.85. The lowest BCUT2D eigenvalue weighted by atomic mass is 9.80. The van der Waals surface area contributed by atoms with E-state index in [2.05, 4.69) is 0 Å². The third-order valence-electron chi connectivity index (χ3n) is 6.71. The summed E-state index contributed by atoms with van der Waals surface area (Å²) in [5, 5.41) is 21.8. The number of hydrogen-bond acceptors (Lipinski definition) is 6. The smallest absolute Gasteiger partial charge is 0.411 e. The number of nitrogens with two attached hydrogens (primary N) is 1.